The molecule has 0 radical (unpaired) electrons. The summed E-state index contributed by atoms with van der Waals surface area (Å²) in [5, 5.41) is 7.19. The predicted octanol–water partition coefficient (Wildman–Crippen LogP) is 39.4. The first kappa shape index (κ1) is 70.0. The molecule has 0 atom stereocenters. The van der Waals surface area contributed by atoms with Crippen molar-refractivity contribution in [3.63, 3.8) is 0 Å². The van der Waals surface area contributed by atoms with Crippen LogP contribution in [0.2, 0.25) is 0 Å². The number of anilines is 12. The highest BCUT2D eigenvalue weighted by molar-refractivity contribution is 6.30. The molecule has 692 valence electrons. The zero-order valence-corrected chi connectivity index (χ0v) is 79.6. The first-order valence-electron chi connectivity index (χ1n) is 57.4. The molecule has 0 bridgehead atoms. The number of para-hydroxylation sites is 4. The monoisotopic (exact) mass is 1880 g/mol. The van der Waals surface area contributed by atoms with Gasteiger partial charge in [-0.25, -0.2) is 17.6 Å². The van der Waals surface area contributed by atoms with Crippen LogP contribution >= 0.6 is 0 Å². The van der Waals surface area contributed by atoms with Crippen molar-refractivity contribution in [2.45, 2.75) is 55.4 Å². The van der Waals surface area contributed by atoms with E-state index in [1.807, 2.05) is 310 Å². The second kappa shape index (κ2) is 37.8. The predicted molar refractivity (Wildman–Crippen MR) is 600 cm³/mol. The Morgan fingerprint density at radius 3 is 0.674 bits per heavy atom. The van der Waals surface area contributed by atoms with Crippen molar-refractivity contribution in [1.82, 2.24) is 0 Å². The molecular weight excluding hydrogens is 1770 g/mol. The van der Waals surface area contributed by atoms with Crippen LogP contribution < -0.4 is 19.6 Å². The van der Waals surface area contributed by atoms with Crippen LogP contribution in [0.5, 0.6) is 0 Å². The number of rotatable bonds is 20. The van der Waals surface area contributed by atoms with Crippen LogP contribution in [0, 0.1) is 78.7 Å². The highest BCUT2D eigenvalue weighted by atomic mass is 19.1. The summed E-state index contributed by atoms with van der Waals surface area (Å²) in [6.07, 6.45) is 0. The zero-order chi connectivity index (χ0) is 115. The lowest BCUT2D eigenvalue weighted by atomic mass is 9.90. The maximum Gasteiger partial charge on any atom is 0.155 e. The number of nitrogens with zero attached hydrogens (tertiary/aromatic N) is 4. The lowest BCUT2D eigenvalue weighted by Crippen LogP contribution is -2.14. The third-order valence-electron chi connectivity index (χ3n) is 27.4. The first-order chi connectivity index (χ1) is 78.7. The van der Waals surface area contributed by atoms with Crippen molar-refractivity contribution >= 4 is 133 Å². The Morgan fingerprint density at radius 2 is 0.403 bits per heavy atom. The molecule has 0 saturated heterocycles. The van der Waals surface area contributed by atoms with Crippen molar-refractivity contribution in [2.75, 3.05) is 19.6 Å². The summed E-state index contributed by atoms with van der Waals surface area (Å²) in [6.45, 7) is 15.4. The molecule has 0 saturated carbocycles. The van der Waals surface area contributed by atoms with E-state index in [1.165, 1.54) is 19.6 Å². The molecule has 0 unspecified atom stereocenters. The molecule has 0 aliphatic rings. The molecule has 8 heteroatoms. The van der Waals surface area contributed by atoms with E-state index in [0.717, 1.165) is 66.8 Å². The van der Waals surface area contributed by atoms with E-state index in [0.29, 0.717) is 109 Å². The normalized spacial score (nSPS) is 13.4. The van der Waals surface area contributed by atoms with E-state index >= 15 is 17.6 Å². The molecule has 0 spiro atoms. The van der Waals surface area contributed by atoms with E-state index in [-0.39, 0.29) is 90.5 Å². The minimum atomic E-state index is -0.712. The van der Waals surface area contributed by atoms with Gasteiger partial charge in [0.1, 0.15) is 0 Å². The Bertz CT molecular complexity index is 9740. The van der Waals surface area contributed by atoms with E-state index < -0.39 is 144 Å². The molecule has 24 aromatic rings. The number of halogens is 4. The molecule has 0 amide bonds. The van der Waals surface area contributed by atoms with E-state index in [2.05, 4.69) is 0 Å². The summed E-state index contributed by atoms with van der Waals surface area (Å²) in [5.41, 5.74) is 15.3. The molecule has 24 rings (SSSR count). The van der Waals surface area contributed by atoms with E-state index in [4.69, 9.17) is 16.4 Å². The maximum absolute atomic E-state index is 18.5. The van der Waals surface area contributed by atoms with Crippen LogP contribution in [0.3, 0.4) is 0 Å². The van der Waals surface area contributed by atoms with E-state index in [1.54, 1.807) is 84.9 Å². The van der Waals surface area contributed by atoms with Gasteiger partial charge in [-0.3, -0.25) is 0 Å². The van der Waals surface area contributed by atoms with Gasteiger partial charge in [-0.05, 0) is 309 Å². The Morgan fingerprint density at radius 1 is 0.174 bits per heavy atom. The van der Waals surface area contributed by atoms with Crippen LogP contribution in [0.1, 0.15) is 71.9 Å². The Kier molecular flexibility index (Phi) is 18.4. The number of benzene rings is 24. The number of hydrogen-bond acceptors (Lipinski definition) is 4. The Labute approximate surface area is 865 Å². The van der Waals surface area contributed by atoms with Crippen molar-refractivity contribution in [3.8, 4) is 89.0 Å². The van der Waals surface area contributed by atoms with Crippen molar-refractivity contribution in [3.05, 3.63) is 528 Å². The van der Waals surface area contributed by atoms with Gasteiger partial charge in [0.2, 0.25) is 0 Å². The number of aryl methyl sites for hydroxylation is 8. The number of hydrogen-bond donors (Lipinski definition) is 0. The van der Waals surface area contributed by atoms with Gasteiger partial charge in [0.05, 0.1) is 72.9 Å². The minimum absolute atomic E-state index is 0.0888. The molecule has 0 heterocycles. The fourth-order valence-electron chi connectivity index (χ4n) is 20.6. The highest BCUT2D eigenvalue weighted by Crippen LogP contribution is 2.56. The van der Waals surface area contributed by atoms with Gasteiger partial charge in [-0.2, -0.15) is 0 Å². The molecule has 0 N–H and O–H groups in total. The highest BCUT2D eigenvalue weighted by Gasteiger charge is 2.33. The van der Waals surface area contributed by atoms with E-state index in [9.17, 15) is 11.0 Å². The van der Waals surface area contributed by atoms with Crippen molar-refractivity contribution < 1.29 is 45.0 Å². The summed E-state index contributed by atoms with van der Waals surface area (Å²) in [4.78, 5) is 5.67. The third kappa shape index (κ3) is 16.5. The van der Waals surface area contributed by atoms with Crippen LogP contribution in [0.15, 0.2) is 461 Å². The molecule has 144 heavy (non-hydrogen) atoms. The summed E-state index contributed by atoms with van der Waals surface area (Å²) in [7, 11) is 0. The standard InChI is InChI=1S/2C68H50F2N2/c1-43-15-11-19-49(35-43)53-39-59(51-21-13-17-45(3)37-51)67(69)63(41-53)71(55-23-7-5-8-24-55)61-33-29-47-28-32-58-62(34-30-48-27-31-57(61)65(47)66(48)58)72(56-25-9-6-10-26-56)64-42-54(50-20-12-16-44(2)36-50)40-60(68(64)70)52-22-14-18-46(4)38-52;1-43-19-11-15-27-53(43)49-39-59(55-29-17-13-21-45(55)3)67(69)63(41-49)71(51-23-7-5-8-24-51)61-37-33-47-32-36-58-62(38-34-48-31-35-57(61)65(47)66(48)58)72(52-25-9-6-10-26-52)64-42-50(54-28-16-12-20-44(54)2)40-60(68(64)70)56-30-18-14-22-46(56)4/h2*5-42H,1-4H3/i2*5D,6D,7D,8D,9D,10D,23D,24D,25D,26D. The maximum atomic E-state index is 18.5. The fourth-order valence-corrected chi connectivity index (χ4v) is 20.6. The van der Waals surface area contributed by atoms with Crippen LogP contribution in [0.4, 0.5) is 85.8 Å². The smallest absolute Gasteiger partial charge is 0.155 e. The lowest BCUT2D eigenvalue weighted by Gasteiger charge is -2.31. The summed E-state index contributed by atoms with van der Waals surface area (Å²) >= 11 is 0. The second-order valence-corrected chi connectivity index (χ2v) is 36.6. The SMILES string of the molecule is [2H]c1c([2H])c([2H])c(N(c2cc(-c3cccc(C)c3)cc(-c3cccc(C)c3)c2F)c2ccc3ccc4c(N(c5cc(-c6cccc(C)c6)cc(-c6cccc(C)c6)c5F)c5c([2H])c([2H])c([2H])c([2H])c5[2H])ccc5ccc2c3c54)c([2H])c1[2H].[2H]c1c([2H])c([2H])c(N(c2cc(-c3ccccc3C)cc(-c3ccccc3C)c2F)c2ccc3ccc4c(N(c5cc(-c6ccccc6C)cc(-c6ccccc6C)c5F)c5c([2H])c([2H])c([2H])c([2H])c5[2H])ccc5ccc2c3c54)c([2H])c1[2H]. The lowest BCUT2D eigenvalue weighted by molar-refractivity contribution is 0.632. The van der Waals surface area contributed by atoms with Gasteiger partial charge < -0.3 is 19.6 Å². The Hall–Kier alpha value is -17.7. The topological polar surface area (TPSA) is 13.0 Å². The van der Waals surface area contributed by atoms with Crippen molar-refractivity contribution in [1.29, 1.82) is 0 Å². The van der Waals surface area contributed by atoms with Crippen LogP contribution in [-0.4, -0.2) is 0 Å². The van der Waals surface area contributed by atoms with Gasteiger partial charge in [-0.15, -0.1) is 0 Å². The zero-order valence-electron chi connectivity index (χ0n) is 99.6. The third-order valence-corrected chi connectivity index (χ3v) is 27.4. The molecule has 0 aliphatic carbocycles. The fraction of sp³-hybridized carbons (Fsp3) is 0.0588. The summed E-state index contributed by atoms with van der Waals surface area (Å²) in [6, 6.07) is 91.3. The van der Waals surface area contributed by atoms with Crippen molar-refractivity contribution in [2.24, 2.45) is 0 Å². The molecule has 0 aliphatic heterocycles. The average molecular weight is 1890 g/mol. The van der Waals surface area contributed by atoms with Gasteiger partial charge >= 0.3 is 0 Å². The van der Waals surface area contributed by atoms with Crippen LogP contribution in [0.25, 0.3) is 154 Å². The molecular formula is C136H100F4N4. The Balaban J connectivity index is 0.000000176. The molecule has 24 aromatic carbocycles. The minimum Gasteiger partial charge on any atom is -0.307 e. The van der Waals surface area contributed by atoms with Crippen LogP contribution in [-0.2, 0) is 0 Å². The second-order valence-electron chi connectivity index (χ2n) is 36.6. The largest absolute Gasteiger partial charge is 0.307 e. The first-order valence-corrected chi connectivity index (χ1v) is 47.4. The average Bonchev–Trinajstić information content (AvgIpc) is 0.708. The summed E-state index contributed by atoms with van der Waals surface area (Å²) < 4.78 is 256. The molecule has 0 aromatic heterocycles. The summed E-state index contributed by atoms with van der Waals surface area (Å²) in [5.74, 6) is -2.84. The molecule has 0 fully saturated rings. The van der Waals surface area contributed by atoms with Gasteiger partial charge in [0, 0.05) is 66.5 Å². The van der Waals surface area contributed by atoms with Gasteiger partial charge in [0.25, 0.3) is 0 Å². The van der Waals surface area contributed by atoms with Gasteiger partial charge in [0.15, 0.2) is 23.3 Å². The van der Waals surface area contributed by atoms with Gasteiger partial charge in [-0.1, -0.05) is 362 Å². The quantitative estimate of drug-likeness (QED) is 0.0557. The molecule has 4 nitrogen and oxygen atoms in total.